The molecule has 0 saturated heterocycles. The number of rotatable bonds is 3. The van der Waals surface area contributed by atoms with Crippen LogP contribution in [0.1, 0.15) is 58.3 Å². The lowest BCUT2D eigenvalue weighted by Crippen LogP contribution is -2.39. The quantitative estimate of drug-likeness (QED) is 0.684. The second kappa shape index (κ2) is 6.09. The molecule has 3 aromatic rings. The Morgan fingerprint density at radius 2 is 2.00 bits per heavy atom. The number of nitrogens with zero attached hydrogens (tertiary/aromatic N) is 3. The number of aromatic nitrogens is 2. The average Bonchev–Trinajstić information content (AvgIpc) is 3.24. The molecule has 1 aromatic carbocycles. The van der Waals surface area contributed by atoms with Gasteiger partial charge in [0.15, 0.2) is 0 Å². The summed E-state index contributed by atoms with van der Waals surface area (Å²) in [6.45, 7) is 2.90. The molecular formula is C21H21N3OS. The normalized spacial score (nSPS) is 19.4. The van der Waals surface area contributed by atoms with Gasteiger partial charge in [0.25, 0.3) is 5.91 Å². The van der Waals surface area contributed by atoms with Crippen LogP contribution in [0.15, 0.2) is 47.8 Å². The van der Waals surface area contributed by atoms with Crippen molar-refractivity contribution in [1.29, 1.82) is 0 Å². The Morgan fingerprint density at radius 1 is 1.19 bits per heavy atom. The predicted molar refractivity (Wildman–Crippen MR) is 103 cm³/mol. The minimum absolute atomic E-state index is 0.0811. The molecule has 5 heteroatoms. The van der Waals surface area contributed by atoms with Gasteiger partial charge in [-0.2, -0.15) is 5.10 Å². The van der Waals surface area contributed by atoms with Crippen molar-refractivity contribution < 1.29 is 4.79 Å². The fraction of sp³-hybridized carbons (Fsp3) is 0.333. The van der Waals surface area contributed by atoms with Gasteiger partial charge in [-0.15, -0.1) is 11.3 Å². The second-order valence-corrected chi connectivity index (χ2v) is 8.20. The lowest BCUT2D eigenvalue weighted by Gasteiger charge is -2.33. The standard InChI is InChI=1S/C21H21N3OS/c1-14-17-10-12-26-20(17)9-11-23(14)21(25)19-13-18(15-7-8-15)22-24(19)16-5-3-2-4-6-16/h2-6,10,12-15H,7-9,11H2,1H3/t14-/m0/s1. The highest BCUT2D eigenvalue weighted by Crippen LogP contribution is 2.40. The molecule has 1 atom stereocenters. The minimum Gasteiger partial charge on any atom is -0.330 e. The number of carbonyl (C=O) groups excluding carboxylic acids is 1. The molecule has 2 aliphatic rings. The lowest BCUT2D eigenvalue weighted by molar-refractivity contribution is 0.0670. The van der Waals surface area contributed by atoms with Gasteiger partial charge in [0, 0.05) is 17.3 Å². The van der Waals surface area contributed by atoms with Crippen LogP contribution < -0.4 is 0 Å². The Balaban J connectivity index is 1.54. The number of hydrogen-bond donors (Lipinski definition) is 0. The minimum atomic E-state index is 0.0811. The van der Waals surface area contributed by atoms with Gasteiger partial charge in [-0.1, -0.05) is 18.2 Å². The van der Waals surface area contributed by atoms with E-state index >= 15 is 0 Å². The maximum Gasteiger partial charge on any atom is 0.273 e. The number of amides is 1. The third-order valence-electron chi connectivity index (χ3n) is 5.48. The number of thiophene rings is 1. The summed E-state index contributed by atoms with van der Waals surface area (Å²) in [6.07, 6.45) is 3.30. The maximum absolute atomic E-state index is 13.5. The van der Waals surface area contributed by atoms with Gasteiger partial charge in [-0.3, -0.25) is 4.79 Å². The van der Waals surface area contributed by atoms with E-state index in [9.17, 15) is 4.79 Å². The molecule has 0 spiro atoms. The molecule has 5 rings (SSSR count). The van der Waals surface area contributed by atoms with Gasteiger partial charge < -0.3 is 4.90 Å². The summed E-state index contributed by atoms with van der Waals surface area (Å²) in [4.78, 5) is 16.9. The molecule has 0 radical (unpaired) electrons. The van der Waals surface area contributed by atoms with Gasteiger partial charge in [-0.25, -0.2) is 4.68 Å². The van der Waals surface area contributed by atoms with Crippen molar-refractivity contribution in [2.24, 2.45) is 0 Å². The highest BCUT2D eigenvalue weighted by atomic mass is 32.1. The van der Waals surface area contributed by atoms with Crippen LogP contribution in [0.5, 0.6) is 0 Å². The number of fused-ring (bicyclic) bond motifs is 1. The fourth-order valence-electron chi connectivity index (χ4n) is 3.83. The lowest BCUT2D eigenvalue weighted by atomic mass is 10.0. The Bertz CT molecular complexity index is 955. The van der Waals surface area contributed by atoms with Crippen molar-refractivity contribution >= 4 is 17.2 Å². The van der Waals surface area contributed by atoms with Crippen molar-refractivity contribution in [3.05, 3.63) is 69.7 Å². The summed E-state index contributed by atoms with van der Waals surface area (Å²) in [6, 6.07) is 14.3. The summed E-state index contributed by atoms with van der Waals surface area (Å²) in [5, 5.41) is 6.92. The van der Waals surface area contributed by atoms with E-state index in [2.05, 4.69) is 18.4 Å². The average molecular weight is 363 g/mol. The first-order chi connectivity index (χ1) is 12.7. The van der Waals surface area contributed by atoms with E-state index in [4.69, 9.17) is 5.10 Å². The molecule has 0 N–H and O–H groups in total. The summed E-state index contributed by atoms with van der Waals surface area (Å²) < 4.78 is 1.84. The van der Waals surface area contributed by atoms with Crippen LogP contribution in [-0.4, -0.2) is 27.1 Å². The van der Waals surface area contributed by atoms with Crippen molar-refractivity contribution in [2.45, 2.75) is 38.1 Å². The first kappa shape index (κ1) is 15.8. The van der Waals surface area contributed by atoms with E-state index in [1.54, 1.807) is 11.3 Å². The van der Waals surface area contributed by atoms with Gasteiger partial charge in [0.1, 0.15) is 5.69 Å². The van der Waals surface area contributed by atoms with Crippen LogP contribution in [0.2, 0.25) is 0 Å². The molecule has 2 aromatic heterocycles. The van der Waals surface area contributed by atoms with Gasteiger partial charge >= 0.3 is 0 Å². The summed E-state index contributed by atoms with van der Waals surface area (Å²) >= 11 is 1.80. The Hall–Kier alpha value is -2.40. The first-order valence-electron chi connectivity index (χ1n) is 9.25. The maximum atomic E-state index is 13.5. The van der Waals surface area contributed by atoms with Crippen molar-refractivity contribution in [3.8, 4) is 5.69 Å². The van der Waals surface area contributed by atoms with Crippen LogP contribution in [0.3, 0.4) is 0 Å². The van der Waals surface area contributed by atoms with Gasteiger partial charge in [-0.05, 0) is 61.4 Å². The first-order valence-corrected chi connectivity index (χ1v) is 10.1. The molecule has 3 heterocycles. The number of hydrogen-bond acceptors (Lipinski definition) is 3. The van der Waals surface area contributed by atoms with E-state index in [-0.39, 0.29) is 11.9 Å². The van der Waals surface area contributed by atoms with Crippen LogP contribution in [-0.2, 0) is 6.42 Å². The second-order valence-electron chi connectivity index (χ2n) is 7.20. The molecule has 132 valence electrons. The topological polar surface area (TPSA) is 38.1 Å². The van der Waals surface area contributed by atoms with E-state index < -0.39 is 0 Å². The molecule has 4 nitrogen and oxygen atoms in total. The van der Waals surface area contributed by atoms with E-state index in [1.165, 1.54) is 23.3 Å². The fourth-order valence-corrected chi connectivity index (χ4v) is 4.79. The van der Waals surface area contributed by atoms with Crippen molar-refractivity contribution in [2.75, 3.05) is 6.54 Å². The molecular weight excluding hydrogens is 342 g/mol. The van der Waals surface area contributed by atoms with Gasteiger partial charge in [0.2, 0.25) is 0 Å². The Morgan fingerprint density at radius 3 is 2.77 bits per heavy atom. The SMILES string of the molecule is C[C@H]1c2ccsc2CCN1C(=O)c1cc(C2CC2)nn1-c1ccccc1. The number of para-hydroxylation sites is 1. The molecule has 0 unspecified atom stereocenters. The molecule has 0 bridgehead atoms. The summed E-state index contributed by atoms with van der Waals surface area (Å²) in [5.41, 5.74) is 3.98. The molecule has 1 amide bonds. The zero-order valence-electron chi connectivity index (χ0n) is 14.8. The van der Waals surface area contributed by atoms with E-state index in [0.29, 0.717) is 11.6 Å². The zero-order chi connectivity index (χ0) is 17.7. The van der Waals surface area contributed by atoms with Gasteiger partial charge in [0.05, 0.1) is 17.4 Å². The number of benzene rings is 1. The molecule has 1 aliphatic carbocycles. The van der Waals surface area contributed by atoms with E-state index in [0.717, 1.165) is 24.3 Å². The predicted octanol–water partition coefficient (Wildman–Crippen LogP) is 4.57. The summed E-state index contributed by atoms with van der Waals surface area (Å²) in [7, 11) is 0. The molecule has 1 aliphatic heterocycles. The highest BCUT2D eigenvalue weighted by molar-refractivity contribution is 7.10. The smallest absolute Gasteiger partial charge is 0.273 e. The Labute approximate surface area is 157 Å². The third-order valence-corrected chi connectivity index (χ3v) is 6.48. The molecule has 1 saturated carbocycles. The van der Waals surface area contributed by atoms with Crippen LogP contribution in [0.25, 0.3) is 5.69 Å². The number of carbonyl (C=O) groups is 1. The van der Waals surface area contributed by atoms with Crippen LogP contribution in [0, 0.1) is 0 Å². The largest absolute Gasteiger partial charge is 0.330 e. The molecule has 1 fully saturated rings. The molecule has 26 heavy (non-hydrogen) atoms. The van der Waals surface area contributed by atoms with Crippen LogP contribution >= 0.6 is 11.3 Å². The highest BCUT2D eigenvalue weighted by Gasteiger charge is 2.33. The van der Waals surface area contributed by atoms with Crippen molar-refractivity contribution in [3.63, 3.8) is 0 Å². The van der Waals surface area contributed by atoms with Crippen LogP contribution in [0.4, 0.5) is 0 Å². The third kappa shape index (κ3) is 2.58. The monoisotopic (exact) mass is 363 g/mol. The zero-order valence-corrected chi connectivity index (χ0v) is 15.6. The Kier molecular flexibility index (Phi) is 3.71. The van der Waals surface area contributed by atoms with E-state index in [1.807, 2.05) is 46.0 Å². The van der Waals surface area contributed by atoms with Crippen molar-refractivity contribution in [1.82, 2.24) is 14.7 Å². The summed E-state index contributed by atoms with van der Waals surface area (Å²) in [5.74, 6) is 0.603.